The van der Waals surface area contributed by atoms with Gasteiger partial charge in [0, 0.05) is 46.9 Å². The van der Waals surface area contributed by atoms with Crippen molar-refractivity contribution in [1.82, 2.24) is 24.7 Å². The van der Waals surface area contributed by atoms with Gasteiger partial charge in [0.1, 0.15) is 5.75 Å². The van der Waals surface area contributed by atoms with E-state index in [-0.39, 0.29) is 0 Å². The summed E-state index contributed by atoms with van der Waals surface area (Å²) in [6, 6.07) is 20.2. The molecule has 3 aromatic heterocycles. The van der Waals surface area contributed by atoms with Crippen molar-refractivity contribution < 1.29 is 4.74 Å². The number of fused-ring (bicyclic) bond motifs is 1. The quantitative estimate of drug-likeness (QED) is 0.364. The summed E-state index contributed by atoms with van der Waals surface area (Å²) in [5.41, 5.74) is 4.41. The van der Waals surface area contributed by atoms with Gasteiger partial charge in [-0.25, -0.2) is 0 Å². The first-order chi connectivity index (χ1) is 15.3. The second-order valence-electron chi connectivity index (χ2n) is 7.04. The molecule has 7 heteroatoms. The van der Waals surface area contributed by atoms with Crippen LogP contribution in [0.15, 0.2) is 84.4 Å². The van der Waals surface area contributed by atoms with Crippen molar-refractivity contribution in [2.45, 2.75) is 11.6 Å². The first-order valence-corrected chi connectivity index (χ1v) is 11.0. The maximum absolute atomic E-state index is 5.43. The molecule has 3 heterocycles. The van der Waals surface area contributed by atoms with Crippen LogP contribution in [0.3, 0.4) is 0 Å². The molecule has 0 unspecified atom stereocenters. The van der Waals surface area contributed by atoms with E-state index in [2.05, 4.69) is 55.2 Å². The number of nitrogens with one attached hydrogen (secondary N) is 1. The van der Waals surface area contributed by atoms with Gasteiger partial charge in [0.15, 0.2) is 11.0 Å². The van der Waals surface area contributed by atoms with E-state index in [1.54, 1.807) is 31.3 Å². The van der Waals surface area contributed by atoms with Gasteiger partial charge in [0.2, 0.25) is 0 Å². The van der Waals surface area contributed by atoms with Crippen LogP contribution in [-0.2, 0) is 6.42 Å². The molecule has 0 saturated heterocycles. The Kier molecular flexibility index (Phi) is 5.41. The van der Waals surface area contributed by atoms with Gasteiger partial charge >= 0.3 is 0 Å². The van der Waals surface area contributed by atoms with Crippen molar-refractivity contribution >= 4 is 22.7 Å². The molecule has 0 saturated carbocycles. The Morgan fingerprint density at radius 2 is 1.87 bits per heavy atom. The maximum Gasteiger partial charge on any atom is 0.196 e. The van der Waals surface area contributed by atoms with Crippen LogP contribution in [0.25, 0.3) is 28.0 Å². The topological polar surface area (TPSA) is 68.6 Å². The number of thioether (sulfide) groups is 1. The molecule has 0 fully saturated rings. The van der Waals surface area contributed by atoms with Gasteiger partial charge in [-0.15, -0.1) is 10.2 Å². The Balaban J connectivity index is 1.46. The van der Waals surface area contributed by atoms with Crippen LogP contribution >= 0.6 is 11.8 Å². The van der Waals surface area contributed by atoms with Crippen molar-refractivity contribution in [1.29, 1.82) is 0 Å². The van der Waals surface area contributed by atoms with Crippen molar-refractivity contribution in [3.63, 3.8) is 0 Å². The molecule has 0 atom stereocenters. The fraction of sp³-hybridized carbons (Fsp3) is 0.125. The number of nitrogens with zero attached hydrogens (tertiary/aromatic N) is 4. The van der Waals surface area contributed by atoms with Crippen LogP contribution < -0.4 is 4.74 Å². The van der Waals surface area contributed by atoms with Crippen LogP contribution in [-0.4, -0.2) is 37.6 Å². The van der Waals surface area contributed by atoms with Crippen LogP contribution in [0.2, 0.25) is 0 Å². The Morgan fingerprint density at radius 1 is 1.00 bits per heavy atom. The van der Waals surface area contributed by atoms with E-state index in [0.717, 1.165) is 40.2 Å². The van der Waals surface area contributed by atoms with E-state index in [4.69, 9.17) is 4.74 Å². The Hall–Kier alpha value is -3.58. The highest BCUT2D eigenvalue weighted by Crippen LogP contribution is 2.30. The van der Waals surface area contributed by atoms with Gasteiger partial charge in [0.25, 0.3) is 0 Å². The molecule has 154 valence electrons. The molecule has 0 aliphatic carbocycles. The number of pyridine rings is 1. The average Bonchev–Trinajstić information content (AvgIpc) is 3.44. The zero-order valence-corrected chi connectivity index (χ0v) is 17.8. The molecular formula is C24H21N5OS. The highest BCUT2D eigenvalue weighted by atomic mass is 32.2. The van der Waals surface area contributed by atoms with Crippen LogP contribution in [0, 0.1) is 0 Å². The highest BCUT2D eigenvalue weighted by Gasteiger charge is 2.17. The highest BCUT2D eigenvalue weighted by molar-refractivity contribution is 7.99. The number of methoxy groups -OCH3 is 1. The normalized spacial score (nSPS) is 11.1. The number of aromatic nitrogens is 5. The summed E-state index contributed by atoms with van der Waals surface area (Å²) in [7, 11) is 1.67. The Morgan fingerprint density at radius 3 is 2.74 bits per heavy atom. The number of para-hydroxylation sites is 1. The smallest absolute Gasteiger partial charge is 0.196 e. The number of H-pyrrole nitrogens is 1. The molecule has 0 aliphatic rings. The number of rotatable bonds is 7. The number of benzene rings is 2. The Bertz CT molecular complexity index is 1310. The summed E-state index contributed by atoms with van der Waals surface area (Å²) in [5.74, 6) is 2.46. The molecular weight excluding hydrogens is 406 g/mol. The third kappa shape index (κ3) is 3.92. The summed E-state index contributed by atoms with van der Waals surface area (Å²) in [6.45, 7) is 0. The lowest BCUT2D eigenvalue weighted by atomic mass is 10.1. The van der Waals surface area contributed by atoms with Crippen LogP contribution in [0.1, 0.15) is 5.56 Å². The first kappa shape index (κ1) is 19.4. The van der Waals surface area contributed by atoms with Crippen molar-refractivity contribution in [3.05, 3.63) is 84.8 Å². The minimum Gasteiger partial charge on any atom is -0.497 e. The standard InChI is InChI=1S/C24H21N5OS/c1-30-20-6-4-5-19(15-20)29-23(17-9-12-25-13-10-17)27-28-24(29)31-14-11-18-16-26-22-8-3-2-7-21(18)22/h2-10,12-13,15-16,26H,11,14H2,1H3. The molecule has 2 aromatic carbocycles. The second kappa shape index (κ2) is 8.65. The van der Waals surface area contributed by atoms with Gasteiger partial charge in [-0.05, 0) is 42.3 Å². The predicted molar refractivity (Wildman–Crippen MR) is 124 cm³/mol. The molecule has 0 radical (unpaired) electrons. The third-order valence-electron chi connectivity index (χ3n) is 5.16. The van der Waals surface area contributed by atoms with Gasteiger partial charge in [-0.2, -0.15) is 0 Å². The number of aryl methyl sites for hydroxylation is 1. The lowest BCUT2D eigenvalue weighted by Gasteiger charge is -2.11. The maximum atomic E-state index is 5.43. The minimum absolute atomic E-state index is 0.783. The lowest BCUT2D eigenvalue weighted by molar-refractivity contribution is 0.414. The van der Waals surface area contributed by atoms with Crippen molar-refractivity contribution in [2.75, 3.05) is 12.9 Å². The predicted octanol–water partition coefficient (Wildman–Crippen LogP) is 5.15. The van der Waals surface area contributed by atoms with E-state index in [0.29, 0.717) is 0 Å². The third-order valence-corrected chi connectivity index (χ3v) is 6.09. The fourth-order valence-electron chi connectivity index (χ4n) is 3.62. The van der Waals surface area contributed by atoms with Gasteiger partial charge < -0.3 is 9.72 Å². The summed E-state index contributed by atoms with van der Waals surface area (Å²) in [5, 5.41) is 11.1. The number of hydrogen-bond acceptors (Lipinski definition) is 5. The van der Waals surface area contributed by atoms with Gasteiger partial charge in [-0.3, -0.25) is 9.55 Å². The SMILES string of the molecule is COc1cccc(-n2c(SCCc3c[nH]c4ccccc34)nnc2-c2ccncc2)c1. The number of aromatic amines is 1. The van der Waals surface area contributed by atoms with E-state index >= 15 is 0 Å². The number of hydrogen-bond donors (Lipinski definition) is 1. The summed E-state index contributed by atoms with van der Waals surface area (Å²) >= 11 is 1.70. The van der Waals surface area contributed by atoms with E-state index in [1.165, 1.54) is 16.5 Å². The molecule has 0 bridgehead atoms. The molecule has 1 N–H and O–H groups in total. The first-order valence-electron chi connectivity index (χ1n) is 10.0. The van der Waals surface area contributed by atoms with Gasteiger partial charge in [0.05, 0.1) is 12.8 Å². The van der Waals surface area contributed by atoms with Gasteiger partial charge in [-0.1, -0.05) is 36.0 Å². The van der Waals surface area contributed by atoms with E-state index < -0.39 is 0 Å². The molecule has 6 nitrogen and oxygen atoms in total. The van der Waals surface area contributed by atoms with Crippen LogP contribution in [0.4, 0.5) is 0 Å². The summed E-state index contributed by atoms with van der Waals surface area (Å²) < 4.78 is 7.52. The van der Waals surface area contributed by atoms with Crippen molar-refractivity contribution in [2.24, 2.45) is 0 Å². The van der Waals surface area contributed by atoms with Crippen LogP contribution in [0.5, 0.6) is 5.75 Å². The monoisotopic (exact) mass is 427 g/mol. The average molecular weight is 428 g/mol. The zero-order valence-electron chi connectivity index (χ0n) is 17.0. The molecule has 31 heavy (non-hydrogen) atoms. The summed E-state index contributed by atoms with van der Waals surface area (Å²) in [6.07, 6.45) is 6.57. The minimum atomic E-state index is 0.783. The van der Waals surface area contributed by atoms with E-state index in [9.17, 15) is 0 Å². The molecule has 0 aliphatic heterocycles. The van der Waals surface area contributed by atoms with E-state index in [1.807, 2.05) is 36.4 Å². The molecule has 5 aromatic rings. The zero-order chi connectivity index (χ0) is 21.0. The fourth-order valence-corrected chi connectivity index (χ4v) is 4.55. The number of ether oxygens (including phenoxy) is 1. The lowest BCUT2D eigenvalue weighted by Crippen LogP contribution is -2.01. The van der Waals surface area contributed by atoms with Crippen molar-refractivity contribution in [3.8, 4) is 22.8 Å². The largest absolute Gasteiger partial charge is 0.497 e. The molecule has 0 amide bonds. The summed E-state index contributed by atoms with van der Waals surface area (Å²) in [4.78, 5) is 7.47. The molecule has 5 rings (SSSR count). The second-order valence-corrected chi connectivity index (χ2v) is 8.10. The Labute approximate surface area is 184 Å². The molecule has 0 spiro atoms.